The Bertz CT molecular complexity index is 372. The zero-order chi connectivity index (χ0) is 11.6. The summed E-state index contributed by atoms with van der Waals surface area (Å²) in [6, 6.07) is 4.70. The SMILES string of the molecule is COc1ccc(F)cc1C1(CCl)CCCC1. The Balaban J connectivity index is 2.47. The molecule has 1 aromatic rings. The van der Waals surface area contributed by atoms with Gasteiger partial charge >= 0.3 is 0 Å². The van der Waals surface area contributed by atoms with Crippen molar-refractivity contribution in [2.24, 2.45) is 0 Å². The molecule has 1 fully saturated rings. The molecular weight excluding hydrogens is 227 g/mol. The molecular formula is C13H16ClFO. The van der Waals surface area contributed by atoms with Crippen LogP contribution in [0.15, 0.2) is 18.2 Å². The number of halogens is 2. The van der Waals surface area contributed by atoms with Gasteiger partial charge in [-0.25, -0.2) is 4.39 Å². The van der Waals surface area contributed by atoms with E-state index < -0.39 is 0 Å². The van der Waals surface area contributed by atoms with Crippen LogP contribution in [-0.4, -0.2) is 13.0 Å². The highest BCUT2D eigenvalue weighted by Gasteiger charge is 2.37. The molecule has 1 saturated carbocycles. The lowest BCUT2D eigenvalue weighted by molar-refractivity contribution is 0.385. The summed E-state index contributed by atoms with van der Waals surface area (Å²) in [5, 5.41) is 0. The van der Waals surface area contributed by atoms with Crippen molar-refractivity contribution in [3.63, 3.8) is 0 Å². The van der Waals surface area contributed by atoms with Gasteiger partial charge in [0.15, 0.2) is 0 Å². The molecule has 0 aliphatic heterocycles. The Morgan fingerprint density at radius 2 is 2.06 bits per heavy atom. The average molecular weight is 243 g/mol. The quantitative estimate of drug-likeness (QED) is 0.731. The van der Waals surface area contributed by atoms with Gasteiger partial charge in [-0.05, 0) is 31.0 Å². The Kier molecular flexibility index (Phi) is 3.38. The number of rotatable bonds is 3. The molecule has 1 aliphatic rings. The molecule has 3 heteroatoms. The zero-order valence-corrected chi connectivity index (χ0v) is 10.2. The van der Waals surface area contributed by atoms with Crippen LogP contribution >= 0.6 is 11.6 Å². The van der Waals surface area contributed by atoms with Gasteiger partial charge in [0.05, 0.1) is 7.11 Å². The van der Waals surface area contributed by atoms with E-state index in [2.05, 4.69) is 0 Å². The minimum atomic E-state index is -0.216. The smallest absolute Gasteiger partial charge is 0.123 e. The summed E-state index contributed by atoms with van der Waals surface area (Å²) in [4.78, 5) is 0. The molecule has 88 valence electrons. The lowest BCUT2D eigenvalue weighted by Crippen LogP contribution is -2.25. The van der Waals surface area contributed by atoms with E-state index in [-0.39, 0.29) is 11.2 Å². The molecule has 0 unspecified atom stereocenters. The molecule has 0 heterocycles. The third kappa shape index (κ3) is 1.91. The van der Waals surface area contributed by atoms with Crippen LogP contribution in [0.25, 0.3) is 0 Å². The Hall–Kier alpha value is -0.760. The topological polar surface area (TPSA) is 9.23 Å². The van der Waals surface area contributed by atoms with Crippen LogP contribution in [-0.2, 0) is 5.41 Å². The zero-order valence-electron chi connectivity index (χ0n) is 9.43. The summed E-state index contributed by atoms with van der Waals surface area (Å²) in [7, 11) is 1.62. The van der Waals surface area contributed by atoms with E-state index in [9.17, 15) is 4.39 Å². The maximum Gasteiger partial charge on any atom is 0.123 e. The highest BCUT2D eigenvalue weighted by atomic mass is 35.5. The molecule has 1 nitrogen and oxygen atoms in total. The lowest BCUT2D eigenvalue weighted by Gasteiger charge is -2.28. The van der Waals surface area contributed by atoms with Gasteiger partial charge in [0, 0.05) is 16.9 Å². The van der Waals surface area contributed by atoms with Gasteiger partial charge in [0.25, 0.3) is 0 Å². The first kappa shape index (κ1) is 11.7. The van der Waals surface area contributed by atoms with E-state index in [0.717, 1.165) is 37.0 Å². The van der Waals surface area contributed by atoms with Crippen LogP contribution < -0.4 is 4.74 Å². The van der Waals surface area contributed by atoms with Gasteiger partial charge in [-0.15, -0.1) is 11.6 Å². The molecule has 16 heavy (non-hydrogen) atoms. The van der Waals surface area contributed by atoms with Crippen molar-refractivity contribution in [3.8, 4) is 5.75 Å². The largest absolute Gasteiger partial charge is 0.496 e. The second-order valence-electron chi connectivity index (χ2n) is 4.47. The van der Waals surface area contributed by atoms with E-state index in [1.54, 1.807) is 19.2 Å². The highest BCUT2D eigenvalue weighted by Crippen LogP contribution is 2.45. The third-order valence-electron chi connectivity index (χ3n) is 3.55. The van der Waals surface area contributed by atoms with Gasteiger partial charge in [0.2, 0.25) is 0 Å². The predicted molar refractivity (Wildman–Crippen MR) is 63.8 cm³/mol. The molecule has 2 rings (SSSR count). The molecule has 0 spiro atoms. The van der Waals surface area contributed by atoms with Crippen molar-refractivity contribution in [3.05, 3.63) is 29.6 Å². The summed E-state index contributed by atoms with van der Waals surface area (Å²) in [6.07, 6.45) is 4.37. The molecule has 0 N–H and O–H groups in total. The molecule has 0 radical (unpaired) electrons. The maximum atomic E-state index is 13.3. The normalized spacial score (nSPS) is 18.7. The molecule has 0 aromatic heterocycles. The number of ether oxygens (including phenoxy) is 1. The van der Waals surface area contributed by atoms with Crippen LogP contribution in [0.3, 0.4) is 0 Å². The van der Waals surface area contributed by atoms with Gasteiger partial charge < -0.3 is 4.74 Å². The van der Waals surface area contributed by atoms with Crippen LogP contribution in [0.4, 0.5) is 4.39 Å². The van der Waals surface area contributed by atoms with E-state index in [1.165, 1.54) is 6.07 Å². The van der Waals surface area contributed by atoms with Gasteiger partial charge in [0.1, 0.15) is 11.6 Å². The monoisotopic (exact) mass is 242 g/mol. The van der Waals surface area contributed by atoms with Crippen LogP contribution in [0.5, 0.6) is 5.75 Å². The Morgan fingerprint density at radius 3 is 2.62 bits per heavy atom. The second kappa shape index (κ2) is 4.62. The predicted octanol–water partition coefficient (Wildman–Crippen LogP) is 3.88. The molecule has 0 saturated heterocycles. The average Bonchev–Trinajstić information content (AvgIpc) is 2.78. The molecule has 1 aromatic carbocycles. The highest BCUT2D eigenvalue weighted by molar-refractivity contribution is 6.18. The first-order valence-corrected chi connectivity index (χ1v) is 6.15. The Labute approximate surface area is 101 Å². The minimum absolute atomic E-state index is 0.0883. The summed E-state index contributed by atoms with van der Waals surface area (Å²) >= 11 is 6.10. The van der Waals surface area contributed by atoms with Crippen molar-refractivity contribution < 1.29 is 9.13 Å². The fourth-order valence-electron chi connectivity index (χ4n) is 2.62. The number of methoxy groups -OCH3 is 1. The van der Waals surface area contributed by atoms with E-state index in [4.69, 9.17) is 16.3 Å². The van der Waals surface area contributed by atoms with E-state index >= 15 is 0 Å². The van der Waals surface area contributed by atoms with Crippen LogP contribution in [0, 0.1) is 5.82 Å². The number of benzene rings is 1. The fourth-order valence-corrected chi connectivity index (χ4v) is 3.03. The first-order valence-electron chi connectivity index (χ1n) is 5.62. The summed E-state index contributed by atoms with van der Waals surface area (Å²) in [6.45, 7) is 0. The molecule has 0 amide bonds. The standard InChI is InChI=1S/C13H16ClFO/c1-16-12-5-4-10(15)8-11(12)13(9-14)6-2-3-7-13/h4-5,8H,2-3,6-7,9H2,1H3. The van der Waals surface area contributed by atoms with Gasteiger partial charge in [-0.2, -0.15) is 0 Å². The van der Waals surface area contributed by atoms with Crippen LogP contribution in [0.2, 0.25) is 0 Å². The van der Waals surface area contributed by atoms with E-state index in [1.807, 2.05) is 0 Å². The van der Waals surface area contributed by atoms with Crippen LogP contribution in [0.1, 0.15) is 31.2 Å². The molecule has 0 atom stereocenters. The second-order valence-corrected chi connectivity index (χ2v) is 4.73. The van der Waals surface area contributed by atoms with Crippen molar-refractivity contribution in [1.82, 2.24) is 0 Å². The van der Waals surface area contributed by atoms with E-state index in [0.29, 0.717) is 5.88 Å². The van der Waals surface area contributed by atoms with Gasteiger partial charge in [-0.3, -0.25) is 0 Å². The molecule has 0 bridgehead atoms. The number of hydrogen-bond acceptors (Lipinski definition) is 1. The maximum absolute atomic E-state index is 13.3. The minimum Gasteiger partial charge on any atom is -0.496 e. The fraction of sp³-hybridized carbons (Fsp3) is 0.538. The van der Waals surface area contributed by atoms with Crippen molar-refractivity contribution in [2.45, 2.75) is 31.1 Å². The van der Waals surface area contributed by atoms with Crippen molar-refractivity contribution >= 4 is 11.6 Å². The Morgan fingerprint density at radius 1 is 1.38 bits per heavy atom. The van der Waals surface area contributed by atoms with Gasteiger partial charge in [-0.1, -0.05) is 12.8 Å². The summed E-state index contributed by atoms with van der Waals surface area (Å²) < 4.78 is 18.7. The first-order chi connectivity index (χ1) is 7.72. The van der Waals surface area contributed by atoms with Crippen molar-refractivity contribution in [2.75, 3.05) is 13.0 Å². The number of alkyl halides is 1. The third-order valence-corrected chi connectivity index (χ3v) is 4.06. The van der Waals surface area contributed by atoms with Crippen molar-refractivity contribution in [1.29, 1.82) is 0 Å². The summed E-state index contributed by atoms with van der Waals surface area (Å²) in [5.74, 6) is 1.07. The molecule has 1 aliphatic carbocycles. The lowest BCUT2D eigenvalue weighted by atomic mass is 9.80. The summed E-state index contributed by atoms with van der Waals surface area (Å²) in [5.41, 5.74) is 0.845. The number of hydrogen-bond donors (Lipinski definition) is 0.